The van der Waals surface area contributed by atoms with Gasteiger partial charge in [-0.25, -0.2) is 4.98 Å². The first-order valence-corrected chi connectivity index (χ1v) is 9.76. The average molecular weight is 335 g/mol. The molecule has 0 amide bonds. The molecule has 2 heterocycles. The molecule has 4 nitrogen and oxygen atoms in total. The van der Waals surface area contributed by atoms with E-state index >= 15 is 0 Å². The Morgan fingerprint density at radius 1 is 1.36 bits per heavy atom. The molecule has 1 aliphatic rings. The summed E-state index contributed by atoms with van der Waals surface area (Å²) in [6.45, 7) is 6.02. The van der Waals surface area contributed by atoms with E-state index in [0.717, 1.165) is 41.1 Å². The molecule has 0 radical (unpaired) electrons. The summed E-state index contributed by atoms with van der Waals surface area (Å²) in [6, 6.07) is 10.1. The highest BCUT2D eigenvalue weighted by molar-refractivity contribution is 7.85. The van der Waals surface area contributed by atoms with Crippen LogP contribution in [0.4, 0.5) is 10.8 Å². The first kappa shape index (κ1) is 15.6. The highest BCUT2D eigenvalue weighted by atomic mass is 32.2. The first-order valence-electron chi connectivity index (χ1n) is 7.39. The van der Waals surface area contributed by atoms with Crippen molar-refractivity contribution in [3.63, 3.8) is 0 Å². The molecule has 0 bridgehead atoms. The zero-order valence-corrected chi connectivity index (χ0v) is 14.5. The minimum absolute atomic E-state index is 0.0280. The van der Waals surface area contributed by atoms with Gasteiger partial charge in [0.1, 0.15) is 0 Å². The lowest BCUT2D eigenvalue weighted by molar-refractivity contribution is 0.132. The fourth-order valence-corrected chi connectivity index (χ4v) is 4.90. The number of para-hydroxylation sites is 1. The number of thiazole rings is 1. The number of nitrogens with zero attached hydrogens (tertiary/aromatic N) is 2. The van der Waals surface area contributed by atoms with Gasteiger partial charge in [0, 0.05) is 52.0 Å². The molecule has 22 heavy (non-hydrogen) atoms. The number of anilines is 2. The van der Waals surface area contributed by atoms with Gasteiger partial charge < -0.3 is 5.32 Å². The molecule has 1 aliphatic heterocycles. The lowest BCUT2D eigenvalue weighted by Gasteiger charge is -2.41. The summed E-state index contributed by atoms with van der Waals surface area (Å²) < 4.78 is 11.7. The van der Waals surface area contributed by atoms with Crippen LogP contribution in [0, 0.1) is 0 Å². The Bertz CT molecular complexity index is 654. The molecule has 1 saturated heterocycles. The lowest BCUT2D eigenvalue weighted by Crippen LogP contribution is -2.53. The van der Waals surface area contributed by atoms with Crippen molar-refractivity contribution in [3.8, 4) is 0 Å². The second-order valence-corrected chi connectivity index (χ2v) is 8.59. The van der Waals surface area contributed by atoms with E-state index in [1.165, 1.54) is 0 Å². The van der Waals surface area contributed by atoms with Crippen LogP contribution in [0.3, 0.4) is 0 Å². The number of rotatable bonds is 4. The van der Waals surface area contributed by atoms with E-state index in [9.17, 15) is 4.21 Å². The molecule has 6 heteroatoms. The largest absolute Gasteiger partial charge is 0.332 e. The fourth-order valence-electron chi connectivity index (χ4n) is 2.64. The zero-order chi connectivity index (χ0) is 15.6. The number of hydrogen-bond donors (Lipinski definition) is 1. The van der Waals surface area contributed by atoms with Crippen molar-refractivity contribution in [2.45, 2.75) is 25.9 Å². The summed E-state index contributed by atoms with van der Waals surface area (Å²) >= 11 is 1.62. The van der Waals surface area contributed by atoms with Gasteiger partial charge in [-0.2, -0.15) is 0 Å². The Hall–Kier alpha value is -1.24. The van der Waals surface area contributed by atoms with Crippen molar-refractivity contribution >= 4 is 33.0 Å². The van der Waals surface area contributed by atoms with Crippen LogP contribution in [0.25, 0.3) is 0 Å². The van der Waals surface area contributed by atoms with Gasteiger partial charge in [-0.3, -0.25) is 9.11 Å². The van der Waals surface area contributed by atoms with Crippen LogP contribution in [0.1, 0.15) is 19.5 Å². The molecule has 2 aromatic rings. The van der Waals surface area contributed by atoms with E-state index < -0.39 is 10.8 Å². The Labute approximate surface area is 138 Å². The van der Waals surface area contributed by atoms with Crippen LogP contribution >= 0.6 is 11.3 Å². The number of hydrogen-bond acceptors (Lipinski definition) is 5. The molecular formula is C16H21N3OS2. The topological polar surface area (TPSA) is 45.2 Å². The Morgan fingerprint density at radius 2 is 2.14 bits per heavy atom. The maximum absolute atomic E-state index is 11.7. The second-order valence-electron chi connectivity index (χ2n) is 6.16. The van der Waals surface area contributed by atoms with Crippen molar-refractivity contribution < 1.29 is 4.21 Å². The van der Waals surface area contributed by atoms with E-state index in [1.54, 1.807) is 11.3 Å². The maximum Gasteiger partial charge on any atom is 0.187 e. The van der Waals surface area contributed by atoms with Crippen LogP contribution in [0.2, 0.25) is 0 Å². The maximum atomic E-state index is 11.7. The molecule has 1 atom stereocenters. The molecule has 118 valence electrons. The number of benzene rings is 1. The van der Waals surface area contributed by atoms with Gasteiger partial charge in [-0.1, -0.05) is 18.2 Å². The SMILES string of the molecule is CC1(C)CS(=O)CCN1Cc1csc(Nc2ccccc2)n1. The van der Waals surface area contributed by atoms with E-state index in [0.29, 0.717) is 0 Å². The average Bonchev–Trinajstić information content (AvgIpc) is 2.90. The van der Waals surface area contributed by atoms with Gasteiger partial charge >= 0.3 is 0 Å². The van der Waals surface area contributed by atoms with Crippen molar-refractivity contribution in [1.29, 1.82) is 0 Å². The fraction of sp³-hybridized carbons (Fsp3) is 0.438. The van der Waals surface area contributed by atoms with Gasteiger partial charge in [0.15, 0.2) is 5.13 Å². The highest BCUT2D eigenvalue weighted by Gasteiger charge is 2.33. The third kappa shape index (κ3) is 3.74. The highest BCUT2D eigenvalue weighted by Crippen LogP contribution is 2.26. The molecule has 1 fully saturated rings. The summed E-state index contributed by atoms with van der Waals surface area (Å²) in [5, 5.41) is 6.35. The summed E-state index contributed by atoms with van der Waals surface area (Å²) in [4.78, 5) is 7.06. The van der Waals surface area contributed by atoms with Crippen molar-refractivity contribution in [2.75, 3.05) is 23.4 Å². The summed E-state index contributed by atoms with van der Waals surface area (Å²) in [5.74, 6) is 1.51. The van der Waals surface area contributed by atoms with Crippen molar-refractivity contribution in [1.82, 2.24) is 9.88 Å². The molecule has 3 rings (SSSR count). The summed E-state index contributed by atoms with van der Waals surface area (Å²) in [5.41, 5.74) is 2.10. The van der Waals surface area contributed by atoms with Crippen molar-refractivity contribution in [3.05, 3.63) is 41.4 Å². The number of aromatic nitrogens is 1. The van der Waals surface area contributed by atoms with E-state index in [2.05, 4.69) is 34.4 Å². The molecule has 1 N–H and O–H groups in total. The van der Waals surface area contributed by atoms with Crippen LogP contribution in [-0.4, -0.2) is 37.7 Å². The third-order valence-electron chi connectivity index (χ3n) is 3.89. The van der Waals surface area contributed by atoms with Gasteiger partial charge in [0.25, 0.3) is 0 Å². The van der Waals surface area contributed by atoms with Crippen LogP contribution in [-0.2, 0) is 17.3 Å². The molecule has 0 spiro atoms. The predicted octanol–water partition coefficient (Wildman–Crippen LogP) is 3.23. The second kappa shape index (κ2) is 6.48. The van der Waals surface area contributed by atoms with Gasteiger partial charge in [-0.05, 0) is 26.0 Å². The van der Waals surface area contributed by atoms with Crippen LogP contribution in [0.5, 0.6) is 0 Å². The first-order chi connectivity index (χ1) is 10.5. The van der Waals surface area contributed by atoms with Gasteiger partial charge in [0.2, 0.25) is 0 Å². The van der Waals surface area contributed by atoms with Crippen molar-refractivity contribution in [2.24, 2.45) is 0 Å². The lowest BCUT2D eigenvalue weighted by atomic mass is 10.1. The van der Waals surface area contributed by atoms with E-state index in [-0.39, 0.29) is 5.54 Å². The zero-order valence-electron chi connectivity index (χ0n) is 12.9. The minimum atomic E-state index is -0.681. The molecular weight excluding hydrogens is 314 g/mol. The molecule has 1 aromatic carbocycles. The normalized spacial score (nSPS) is 21.6. The third-order valence-corrected chi connectivity index (χ3v) is 6.36. The Kier molecular flexibility index (Phi) is 4.61. The van der Waals surface area contributed by atoms with Crippen LogP contribution < -0.4 is 5.32 Å². The summed E-state index contributed by atoms with van der Waals surface area (Å²) in [6.07, 6.45) is 0. The number of nitrogens with one attached hydrogen (secondary N) is 1. The van der Waals surface area contributed by atoms with E-state index in [1.807, 2.05) is 30.3 Å². The molecule has 0 aliphatic carbocycles. The standard InChI is InChI=1S/C16H21N3OS2/c1-16(2)12-22(20)9-8-19(16)10-14-11-21-15(18-14)17-13-6-4-3-5-7-13/h3-7,11H,8-10,12H2,1-2H3,(H,17,18). The van der Waals surface area contributed by atoms with E-state index in [4.69, 9.17) is 0 Å². The molecule has 1 aromatic heterocycles. The molecule has 1 unspecified atom stereocenters. The predicted molar refractivity (Wildman–Crippen MR) is 94.2 cm³/mol. The smallest absolute Gasteiger partial charge is 0.187 e. The minimum Gasteiger partial charge on any atom is -0.332 e. The quantitative estimate of drug-likeness (QED) is 0.932. The van der Waals surface area contributed by atoms with Gasteiger partial charge in [-0.15, -0.1) is 11.3 Å². The van der Waals surface area contributed by atoms with Crippen LogP contribution in [0.15, 0.2) is 35.7 Å². The Morgan fingerprint density at radius 3 is 2.86 bits per heavy atom. The Balaban J connectivity index is 1.65. The summed E-state index contributed by atoms with van der Waals surface area (Å²) in [7, 11) is -0.681. The monoisotopic (exact) mass is 335 g/mol. The van der Waals surface area contributed by atoms with Gasteiger partial charge in [0.05, 0.1) is 5.69 Å². The molecule has 0 saturated carbocycles.